The molecule has 0 heterocycles. The first kappa shape index (κ1) is 18.4. The molecular weight excluding hydrogens is 321 g/mol. The highest BCUT2D eigenvalue weighted by atomic mass is 35.5. The van der Waals surface area contributed by atoms with Gasteiger partial charge in [-0.1, -0.05) is 6.07 Å². The number of carbonyl (C=O) groups is 1. The lowest BCUT2D eigenvalue weighted by atomic mass is 9.99. The minimum Gasteiger partial charge on any atom is -0.299 e. The molecule has 0 N–H and O–H groups in total. The SMILES string of the molecule is Cc1cc(C)c(SCC(F)(F)F)cc1CC(=O)CCCCl. The van der Waals surface area contributed by atoms with Crippen molar-refractivity contribution < 1.29 is 18.0 Å². The number of rotatable bonds is 7. The van der Waals surface area contributed by atoms with Gasteiger partial charge in [0.15, 0.2) is 0 Å². The second kappa shape index (κ2) is 8.08. The van der Waals surface area contributed by atoms with Gasteiger partial charge in [0.1, 0.15) is 5.78 Å². The Hall–Kier alpha value is -0.680. The van der Waals surface area contributed by atoms with Crippen LogP contribution in [0.3, 0.4) is 0 Å². The van der Waals surface area contributed by atoms with Gasteiger partial charge < -0.3 is 0 Å². The molecule has 118 valence electrons. The molecular formula is C15H18ClF3OS. The number of hydrogen-bond donors (Lipinski definition) is 0. The van der Waals surface area contributed by atoms with E-state index in [1.54, 1.807) is 13.0 Å². The third-order valence-electron chi connectivity index (χ3n) is 3.00. The molecule has 0 aliphatic carbocycles. The Bertz CT molecular complexity index is 500. The van der Waals surface area contributed by atoms with Crippen molar-refractivity contribution in [3.8, 4) is 0 Å². The van der Waals surface area contributed by atoms with Crippen LogP contribution >= 0.6 is 23.4 Å². The number of aryl methyl sites for hydroxylation is 2. The minimum atomic E-state index is -4.20. The maximum absolute atomic E-state index is 12.3. The number of Topliss-reactive ketones (excluding diaryl/α,β-unsaturated/α-hetero) is 1. The summed E-state index contributed by atoms with van der Waals surface area (Å²) in [7, 11) is 0. The average molecular weight is 339 g/mol. The standard InChI is InChI=1S/C15H18ClF3OS/c1-10-6-11(2)14(21-9-15(17,18)19)8-12(10)7-13(20)4-3-5-16/h6,8H,3-5,7,9H2,1-2H3. The molecule has 1 aromatic carbocycles. The maximum Gasteiger partial charge on any atom is 0.398 e. The third kappa shape index (κ3) is 6.74. The summed E-state index contributed by atoms with van der Waals surface area (Å²) in [6.07, 6.45) is -2.91. The van der Waals surface area contributed by atoms with E-state index < -0.39 is 11.9 Å². The smallest absolute Gasteiger partial charge is 0.299 e. The monoisotopic (exact) mass is 338 g/mol. The van der Waals surface area contributed by atoms with Crippen molar-refractivity contribution in [1.29, 1.82) is 0 Å². The van der Waals surface area contributed by atoms with Crippen LogP contribution in [0.25, 0.3) is 0 Å². The van der Waals surface area contributed by atoms with Gasteiger partial charge in [-0.15, -0.1) is 23.4 Å². The number of alkyl halides is 4. The molecule has 0 aliphatic rings. The highest BCUT2D eigenvalue weighted by Gasteiger charge is 2.27. The van der Waals surface area contributed by atoms with Gasteiger partial charge in [-0.3, -0.25) is 4.79 Å². The molecule has 0 radical (unpaired) electrons. The Morgan fingerprint density at radius 2 is 1.90 bits per heavy atom. The van der Waals surface area contributed by atoms with E-state index in [9.17, 15) is 18.0 Å². The van der Waals surface area contributed by atoms with Gasteiger partial charge in [0.25, 0.3) is 0 Å². The summed E-state index contributed by atoms with van der Waals surface area (Å²) in [4.78, 5) is 12.4. The van der Waals surface area contributed by atoms with Gasteiger partial charge in [0.05, 0.1) is 5.75 Å². The largest absolute Gasteiger partial charge is 0.398 e. The van der Waals surface area contributed by atoms with Crippen molar-refractivity contribution in [1.82, 2.24) is 0 Å². The van der Waals surface area contributed by atoms with E-state index in [-0.39, 0.29) is 12.2 Å². The molecule has 0 saturated heterocycles. The van der Waals surface area contributed by atoms with Crippen LogP contribution in [0.15, 0.2) is 17.0 Å². The van der Waals surface area contributed by atoms with Crippen molar-refractivity contribution in [2.45, 2.75) is 44.2 Å². The number of carbonyl (C=O) groups excluding carboxylic acids is 1. The van der Waals surface area contributed by atoms with E-state index in [4.69, 9.17) is 11.6 Å². The van der Waals surface area contributed by atoms with Crippen LogP contribution in [0.5, 0.6) is 0 Å². The Morgan fingerprint density at radius 1 is 1.24 bits per heavy atom. The topological polar surface area (TPSA) is 17.1 Å². The van der Waals surface area contributed by atoms with Crippen LogP contribution < -0.4 is 0 Å². The van der Waals surface area contributed by atoms with E-state index in [0.717, 1.165) is 28.5 Å². The first-order chi connectivity index (χ1) is 9.73. The predicted octanol–water partition coefficient (Wildman–Crippen LogP) is 5.09. The van der Waals surface area contributed by atoms with E-state index in [1.165, 1.54) is 0 Å². The summed E-state index contributed by atoms with van der Waals surface area (Å²) in [6.45, 7) is 3.65. The van der Waals surface area contributed by atoms with Gasteiger partial charge in [-0.25, -0.2) is 0 Å². The summed E-state index contributed by atoms with van der Waals surface area (Å²) in [5.41, 5.74) is 2.53. The van der Waals surface area contributed by atoms with E-state index in [0.29, 0.717) is 23.6 Å². The van der Waals surface area contributed by atoms with Crippen molar-refractivity contribution in [2.24, 2.45) is 0 Å². The highest BCUT2D eigenvalue weighted by molar-refractivity contribution is 7.99. The Kier molecular flexibility index (Phi) is 7.07. The van der Waals surface area contributed by atoms with Crippen LogP contribution in [0, 0.1) is 13.8 Å². The molecule has 0 amide bonds. The van der Waals surface area contributed by atoms with Gasteiger partial charge >= 0.3 is 6.18 Å². The van der Waals surface area contributed by atoms with Gasteiger partial charge in [0.2, 0.25) is 0 Å². The minimum absolute atomic E-state index is 0.0642. The van der Waals surface area contributed by atoms with Gasteiger partial charge in [-0.05, 0) is 43.0 Å². The van der Waals surface area contributed by atoms with Crippen LogP contribution in [-0.4, -0.2) is 23.6 Å². The maximum atomic E-state index is 12.3. The number of hydrogen-bond acceptors (Lipinski definition) is 2. The quantitative estimate of drug-likeness (QED) is 0.509. The average Bonchev–Trinajstić information content (AvgIpc) is 2.37. The number of halogens is 4. The first-order valence-electron chi connectivity index (χ1n) is 6.60. The second-order valence-electron chi connectivity index (χ2n) is 4.96. The summed E-state index contributed by atoms with van der Waals surface area (Å²) >= 11 is 6.31. The van der Waals surface area contributed by atoms with E-state index in [1.807, 2.05) is 13.0 Å². The Balaban J connectivity index is 2.83. The summed E-state index contributed by atoms with van der Waals surface area (Å²) in [5, 5.41) is 0. The van der Waals surface area contributed by atoms with Crippen molar-refractivity contribution in [3.05, 3.63) is 28.8 Å². The van der Waals surface area contributed by atoms with Gasteiger partial charge in [0, 0.05) is 23.6 Å². The summed E-state index contributed by atoms with van der Waals surface area (Å²) < 4.78 is 36.9. The molecule has 1 aromatic rings. The Morgan fingerprint density at radius 3 is 2.48 bits per heavy atom. The fourth-order valence-electron chi connectivity index (χ4n) is 1.94. The Labute approximate surface area is 132 Å². The molecule has 0 atom stereocenters. The fourth-order valence-corrected chi connectivity index (χ4v) is 2.91. The molecule has 1 rings (SSSR count). The van der Waals surface area contributed by atoms with Crippen molar-refractivity contribution in [3.63, 3.8) is 0 Å². The normalized spacial score (nSPS) is 11.7. The zero-order valence-electron chi connectivity index (χ0n) is 12.0. The molecule has 0 fully saturated rings. The van der Waals surface area contributed by atoms with Crippen molar-refractivity contribution >= 4 is 29.1 Å². The lowest BCUT2D eigenvalue weighted by Crippen LogP contribution is -2.11. The number of thioether (sulfide) groups is 1. The molecule has 0 aromatic heterocycles. The van der Waals surface area contributed by atoms with Gasteiger partial charge in [-0.2, -0.15) is 13.2 Å². The lowest BCUT2D eigenvalue weighted by Gasteiger charge is -2.13. The molecule has 0 aliphatic heterocycles. The molecule has 0 bridgehead atoms. The zero-order chi connectivity index (χ0) is 16.0. The third-order valence-corrected chi connectivity index (χ3v) is 4.49. The zero-order valence-corrected chi connectivity index (χ0v) is 13.6. The van der Waals surface area contributed by atoms with E-state index in [2.05, 4.69) is 0 Å². The van der Waals surface area contributed by atoms with Crippen LogP contribution in [0.1, 0.15) is 29.5 Å². The van der Waals surface area contributed by atoms with Crippen molar-refractivity contribution in [2.75, 3.05) is 11.6 Å². The molecule has 6 heteroatoms. The fraction of sp³-hybridized carbons (Fsp3) is 0.533. The summed E-state index contributed by atoms with van der Waals surface area (Å²) in [5.74, 6) is -0.420. The molecule has 21 heavy (non-hydrogen) atoms. The molecule has 0 unspecified atom stereocenters. The van der Waals surface area contributed by atoms with Crippen LogP contribution in [-0.2, 0) is 11.2 Å². The second-order valence-corrected chi connectivity index (χ2v) is 6.35. The first-order valence-corrected chi connectivity index (χ1v) is 8.12. The number of ketones is 1. The number of benzene rings is 1. The van der Waals surface area contributed by atoms with E-state index >= 15 is 0 Å². The van der Waals surface area contributed by atoms with Crippen LogP contribution in [0.4, 0.5) is 13.2 Å². The highest BCUT2D eigenvalue weighted by Crippen LogP contribution is 2.31. The molecule has 0 spiro atoms. The summed E-state index contributed by atoms with van der Waals surface area (Å²) in [6, 6.07) is 3.54. The molecule has 0 saturated carbocycles. The lowest BCUT2D eigenvalue weighted by molar-refractivity contribution is -0.118. The molecule has 1 nitrogen and oxygen atoms in total. The predicted molar refractivity (Wildman–Crippen MR) is 81.4 cm³/mol. The van der Waals surface area contributed by atoms with Crippen LogP contribution in [0.2, 0.25) is 0 Å².